The van der Waals surface area contributed by atoms with E-state index in [9.17, 15) is 4.79 Å². The summed E-state index contributed by atoms with van der Waals surface area (Å²) < 4.78 is 2.70. The molecule has 3 aromatic heterocycles. The lowest BCUT2D eigenvalue weighted by atomic mass is 10.1. The van der Waals surface area contributed by atoms with Gasteiger partial charge in [-0.25, -0.2) is 9.67 Å². The summed E-state index contributed by atoms with van der Waals surface area (Å²) in [4.78, 5) is 18.6. The molecule has 0 saturated heterocycles. The highest BCUT2D eigenvalue weighted by Gasteiger charge is 2.06. The molecule has 25 heavy (non-hydrogen) atoms. The second-order valence-electron chi connectivity index (χ2n) is 5.77. The number of aromatic amines is 1. The number of benzene rings is 1. The van der Waals surface area contributed by atoms with Crippen molar-refractivity contribution in [3.8, 4) is 5.82 Å². The van der Waals surface area contributed by atoms with Crippen molar-refractivity contribution in [1.29, 1.82) is 0 Å². The SMILES string of the molecule is O=c1[nH]c2ccc(Cc3ccn(-c4ccc(CCO)cn4)n3)cc2s1. The number of thiazole rings is 1. The second kappa shape index (κ2) is 6.62. The van der Waals surface area contributed by atoms with E-state index < -0.39 is 0 Å². The van der Waals surface area contributed by atoms with Crippen LogP contribution in [0.3, 0.4) is 0 Å². The molecule has 0 aliphatic heterocycles. The lowest BCUT2D eigenvalue weighted by Crippen LogP contribution is -2.01. The average Bonchev–Trinajstić information content (AvgIpc) is 3.21. The Hall–Kier alpha value is -2.77. The number of pyridine rings is 1. The van der Waals surface area contributed by atoms with E-state index in [0.29, 0.717) is 12.8 Å². The van der Waals surface area contributed by atoms with Crippen molar-refractivity contribution >= 4 is 21.6 Å². The van der Waals surface area contributed by atoms with Crippen LogP contribution in [0.2, 0.25) is 0 Å². The second-order valence-corrected chi connectivity index (χ2v) is 6.79. The highest BCUT2D eigenvalue weighted by molar-refractivity contribution is 7.16. The summed E-state index contributed by atoms with van der Waals surface area (Å²) >= 11 is 1.22. The summed E-state index contributed by atoms with van der Waals surface area (Å²) in [6.07, 6.45) is 4.94. The van der Waals surface area contributed by atoms with Gasteiger partial charge in [-0.15, -0.1) is 0 Å². The summed E-state index contributed by atoms with van der Waals surface area (Å²) in [7, 11) is 0. The standard InChI is InChI=1S/C18H16N4O2S/c23-8-6-12-2-4-17(19-11-12)22-7-5-14(21-22)9-13-1-3-15-16(10-13)25-18(24)20-15/h1-5,7,10-11,23H,6,8-9H2,(H,20,24). The van der Waals surface area contributed by atoms with Gasteiger partial charge in [-0.2, -0.15) is 5.10 Å². The first kappa shape index (κ1) is 15.7. The number of fused-ring (bicyclic) bond motifs is 1. The molecule has 0 bridgehead atoms. The topological polar surface area (TPSA) is 83.8 Å². The van der Waals surface area contributed by atoms with Crippen molar-refractivity contribution in [2.24, 2.45) is 0 Å². The summed E-state index contributed by atoms with van der Waals surface area (Å²) in [6.45, 7) is 0.118. The Labute approximate surface area is 147 Å². The van der Waals surface area contributed by atoms with Crippen LogP contribution in [0.1, 0.15) is 16.8 Å². The molecule has 0 amide bonds. The molecule has 0 unspecified atom stereocenters. The maximum absolute atomic E-state index is 11.4. The van der Waals surface area contributed by atoms with E-state index >= 15 is 0 Å². The Morgan fingerprint density at radius 1 is 1.16 bits per heavy atom. The molecule has 4 rings (SSSR count). The van der Waals surface area contributed by atoms with E-state index in [-0.39, 0.29) is 11.5 Å². The van der Waals surface area contributed by atoms with Gasteiger partial charge in [0.15, 0.2) is 5.82 Å². The van der Waals surface area contributed by atoms with Crippen LogP contribution in [0, 0.1) is 0 Å². The molecule has 126 valence electrons. The van der Waals surface area contributed by atoms with Gasteiger partial charge in [-0.3, -0.25) is 4.79 Å². The number of aliphatic hydroxyl groups is 1. The molecule has 7 heteroatoms. The van der Waals surface area contributed by atoms with Crippen molar-refractivity contribution < 1.29 is 5.11 Å². The van der Waals surface area contributed by atoms with Crippen molar-refractivity contribution in [2.75, 3.05) is 6.61 Å². The fourth-order valence-electron chi connectivity index (χ4n) is 2.72. The first-order chi connectivity index (χ1) is 12.2. The zero-order valence-electron chi connectivity index (χ0n) is 13.3. The number of nitrogens with zero attached hydrogens (tertiary/aromatic N) is 3. The van der Waals surface area contributed by atoms with Crippen LogP contribution in [0.25, 0.3) is 16.0 Å². The molecule has 0 aliphatic carbocycles. The van der Waals surface area contributed by atoms with Crippen molar-refractivity contribution in [3.63, 3.8) is 0 Å². The minimum Gasteiger partial charge on any atom is -0.396 e. The van der Waals surface area contributed by atoms with Gasteiger partial charge in [-0.05, 0) is 41.8 Å². The van der Waals surface area contributed by atoms with Gasteiger partial charge < -0.3 is 10.1 Å². The molecule has 2 N–H and O–H groups in total. The molecular formula is C18H16N4O2S. The maximum Gasteiger partial charge on any atom is 0.305 e. The minimum atomic E-state index is -0.0350. The first-order valence-corrected chi connectivity index (χ1v) is 8.75. The number of rotatable bonds is 5. The summed E-state index contributed by atoms with van der Waals surface area (Å²) in [5, 5.41) is 13.5. The van der Waals surface area contributed by atoms with Crippen molar-refractivity contribution in [3.05, 3.63) is 75.3 Å². The number of hydrogen-bond donors (Lipinski definition) is 2. The van der Waals surface area contributed by atoms with Crippen LogP contribution in [0.15, 0.2) is 53.6 Å². The van der Waals surface area contributed by atoms with Gasteiger partial charge in [0, 0.05) is 25.4 Å². The molecule has 0 saturated carbocycles. The Bertz CT molecular complexity index is 1060. The fraction of sp³-hybridized carbons (Fsp3) is 0.167. The first-order valence-electron chi connectivity index (χ1n) is 7.94. The minimum absolute atomic E-state index is 0.0350. The highest BCUT2D eigenvalue weighted by Crippen LogP contribution is 2.18. The van der Waals surface area contributed by atoms with E-state index in [1.165, 1.54) is 11.3 Å². The largest absolute Gasteiger partial charge is 0.396 e. The quantitative estimate of drug-likeness (QED) is 0.577. The number of nitrogens with one attached hydrogen (secondary N) is 1. The van der Waals surface area contributed by atoms with Crippen molar-refractivity contribution in [1.82, 2.24) is 19.7 Å². The lowest BCUT2D eigenvalue weighted by Gasteiger charge is -2.02. The van der Waals surface area contributed by atoms with E-state index in [0.717, 1.165) is 32.9 Å². The summed E-state index contributed by atoms with van der Waals surface area (Å²) in [5.41, 5.74) is 3.91. The molecular weight excluding hydrogens is 336 g/mol. The van der Waals surface area contributed by atoms with Gasteiger partial charge >= 0.3 is 4.87 Å². The summed E-state index contributed by atoms with van der Waals surface area (Å²) in [5.74, 6) is 0.743. The van der Waals surface area contributed by atoms with Crippen LogP contribution in [0.5, 0.6) is 0 Å². The van der Waals surface area contributed by atoms with Gasteiger partial charge in [-0.1, -0.05) is 23.5 Å². The Balaban J connectivity index is 1.54. The Morgan fingerprint density at radius 3 is 2.84 bits per heavy atom. The van der Waals surface area contributed by atoms with Crippen LogP contribution in [0.4, 0.5) is 0 Å². The third-order valence-corrected chi connectivity index (χ3v) is 4.80. The third kappa shape index (κ3) is 3.38. The van der Waals surface area contributed by atoms with Gasteiger partial charge in [0.25, 0.3) is 0 Å². The fourth-order valence-corrected chi connectivity index (χ4v) is 3.52. The average molecular weight is 352 g/mol. The van der Waals surface area contributed by atoms with Crippen molar-refractivity contribution in [2.45, 2.75) is 12.8 Å². The van der Waals surface area contributed by atoms with Crippen LogP contribution in [-0.2, 0) is 12.8 Å². The molecule has 0 fully saturated rings. The number of H-pyrrole nitrogens is 1. The highest BCUT2D eigenvalue weighted by atomic mass is 32.1. The molecule has 0 radical (unpaired) electrons. The zero-order valence-corrected chi connectivity index (χ0v) is 14.2. The number of hydrogen-bond acceptors (Lipinski definition) is 5. The third-order valence-electron chi connectivity index (χ3n) is 3.96. The molecule has 6 nitrogen and oxygen atoms in total. The number of aliphatic hydroxyl groups excluding tert-OH is 1. The van der Waals surface area contributed by atoms with E-state index in [2.05, 4.69) is 15.1 Å². The molecule has 0 spiro atoms. The van der Waals surface area contributed by atoms with E-state index in [4.69, 9.17) is 5.11 Å². The van der Waals surface area contributed by atoms with Crippen LogP contribution < -0.4 is 4.87 Å². The Morgan fingerprint density at radius 2 is 2.04 bits per heavy atom. The van der Waals surface area contributed by atoms with Gasteiger partial charge in [0.1, 0.15) is 0 Å². The smallest absolute Gasteiger partial charge is 0.305 e. The van der Waals surface area contributed by atoms with Crippen LogP contribution in [-0.4, -0.2) is 31.5 Å². The molecule has 3 heterocycles. The predicted octanol–water partition coefficient (Wildman–Crippen LogP) is 2.30. The zero-order chi connectivity index (χ0) is 17.2. The molecule has 0 atom stereocenters. The monoisotopic (exact) mass is 352 g/mol. The normalized spacial score (nSPS) is 11.2. The number of aromatic nitrogens is 4. The maximum atomic E-state index is 11.4. The van der Waals surface area contributed by atoms with Gasteiger partial charge in [0.05, 0.1) is 15.9 Å². The van der Waals surface area contributed by atoms with Crippen LogP contribution >= 0.6 is 11.3 Å². The Kier molecular flexibility index (Phi) is 4.17. The van der Waals surface area contributed by atoms with E-state index in [1.54, 1.807) is 10.9 Å². The predicted molar refractivity (Wildman–Crippen MR) is 97.4 cm³/mol. The van der Waals surface area contributed by atoms with Gasteiger partial charge in [0.2, 0.25) is 0 Å². The molecule has 0 aliphatic rings. The van der Waals surface area contributed by atoms with E-state index in [1.807, 2.05) is 42.6 Å². The lowest BCUT2D eigenvalue weighted by molar-refractivity contribution is 0.299. The molecule has 1 aromatic carbocycles. The molecule has 4 aromatic rings. The summed E-state index contributed by atoms with van der Waals surface area (Å²) in [6, 6.07) is 11.8.